The van der Waals surface area contributed by atoms with Crippen LogP contribution in [0.1, 0.15) is 48.8 Å². The second kappa shape index (κ2) is 10.2. The Morgan fingerprint density at radius 1 is 1.14 bits per heavy atom. The molecule has 0 spiro atoms. The van der Waals surface area contributed by atoms with Crippen LogP contribution in [0.2, 0.25) is 0 Å². The van der Waals surface area contributed by atoms with Gasteiger partial charge in [0.25, 0.3) is 11.8 Å². The van der Waals surface area contributed by atoms with Crippen LogP contribution < -0.4 is 10.2 Å². The van der Waals surface area contributed by atoms with E-state index in [-0.39, 0.29) is 30.2 Å². The molecule has 1 atom stereocenters. The number of rotatable bonds is 8. The Balaban J connectivity index is 1.47. The highest BCUT2D eigenvalue weighted by Crippen LogP contribution is 2.30. The van der Waals surface area contributed by atoms with E-state index in [4.69, 9.17) is 8.83 Å². The molecule has 1 saturated carbocycles. The molecular weight excluding hydrogens is 460 g/mol. The molecule has 0 saturated heterocycles. The summed E-state index contributed by atoms with van der Waals surface area (Å²) < 4.78 is 11.2. The molecule has 10 heteroatoms. The second-order valence-electron chi connectivity index (χ2n) is 9.06. The molecule has 5 rings (SSSR count). The molecule has 186 valence electrons. The summed E-state index contributed by atoms with van der Waals surface area (Å²) in [7, 11) is 0. The van der Waals surface area contributed by atoms with E-state index < -0.39 is 6.04 Å². The van der Waals surface area contributed by atoms with Crippen molar-refractivity contribution in [2.24, 2.45) is 0 Å². The molecule has 3 heterocycles. The van der Waals surface area contributed by atoms with Gasteiger partial charge in [-0.05, 0) is 73.9 Å². The van der Waals surface area contributed by atoms with E-state index in [2.05, 4.69) is 20.7 Å². The number of nitrogens with zero attached hydrogens (tertiary/aromatic N) is 5. The number of anilines is 1. The fourth-order valence-electron chi connectivity index (χ4n) is 4.55. The molecule has 1 N–H and O–H groups in total. The quantitative estimate of drug-likeness (QED) is 0.398. The number of hydrogen-bond donors (Lipinski definition) is 1. The number of carbonyl (C=O) groups excluding carboxylic acids is 2. The van der Waals surface area contributed by atoms with Crippen LogP contribution in [0, 0.1) is 13.8 Å². The molecule has 4 aromatic rings. The first kappa shape index (κ1) is 23.5. The van der Waals surface area contributed by atoms with E-state index in [0.29, 0.717) is 17.2 Å². The summed E-state index contributed by atoms with van der Waals surface area (Å²) in [5.74, 6) is 1.16. The molecule has 1 aromatic carbocycles. The van der Waals surface area contributed by atoms with Crippen molar-refractivity contribution >= 4 is 17.5 Å². The zero-order valence-corrected chi connectivity index (χ0v) is 20.3. The molecule has 0 unspecified atom stereocenters. The third-order valence-electron chi connectivity index (χ3n) is 6.26. The third kappa shape index (κ3) is 5.07. The normalized spacial score (nSPS) is 14.6. The number of nitrogens with one attached hydrogen (secondary N) is 1. The maximum absolute atomic E-state index is 13.8. The van der Waals surface area contributed by atoms with Crippen LogP contribution in [-0.2, 0) is 16.1 Å². The number of tetrazole rings is 1. The predicted octanol–water partition coefficient (Wildman–Crippen LogP) is 3.98. The van der Waals surface area contributed by atoms with Crippen LogP contribution in [0.4, 0.5) is 5.69 Å². The van der Waals surface area contributed by atoms with Gasteiger partial charge in [-0.15, -0.1) is 10.2 Å². The van der Waals surface area contributed by atoms with Gasteiger partial charge in [0.2, 0.25) is 5.82 Å². The van der Waals surface area contributed by atoms with Crippen molar-refractivity contribution in [3.8, 4) is 11.6 Å². The SMILES string of the molecule is Cc1cccc(N(C(=O)Cn2nnc(-c3ccc(C)o3)n2)[C@H](C(=O)NC2CCCC2)c2ccco2)c1. The van der Waals surface area contributed by atoms with Crippen molar-refractivity contribution in [3.63, 3.8) is 0 Å². The topological polar surface area (TPSA) is 119 Å². The molecule has 3 aromatic heterocycles. The number of aryl methyl sites for hydroxylation is 2. The number of carbonyl (C=O) groups is 2. The Hall–Kier alpha value is -4.21. The summed E-state index contributed by atoms with van der Waals surface area (Å²) in [5.41, 5.74) is 1.53. The van der Waals surface area contributed by atoms with E-state index in [1.165, 1.54) is 16.0 Å². The summed E-state index contributed by atoms with van der Waals surface area (Å²) in [6.07, 6.45) is 5.50. The van der Waals surface area contributed by atoms with Crippen molar-refractivity contribution in [2.45, 2.75) is 58.2 Å². The maximum Gasteiger partial charge on any atom is 0.251 e. The van der Waals surface area contributed by atoms with Crippen molar-refractivity contribution in [3.05, 3.63) is 71.9 Å². The lowest BCUT2D eigenvalue weighted by Crippen LogP contribution is -2.47. The largest absolute Gasteiger partial charge is 0.467 e. The van der Waals surface area contributed by atoms with Gasteiger partial charge in [0.15, 0.2) is 11.8 Å². The zero-order valence-electron chi connectivity index (χ0n) is 20.3. The molecule has 1 fully saturated rings. The molecule has 2 amide bonds. The Morgan fingerprint density at radius 3 is 2.67 bits per heavy atom. The summed E-state index contributed by atoms with van der Waals surface area (Å²) in [5, 5.41) is 15.5. The lowest BCUT2D eigenvalue weighted by Gasteiger charge is -2.30. The predicted molar refractivity (Wildman–Crippen MR) is 131 cm³/mol. The van der Waals surface area contributed by atoms with E-state index in [1.807, 2.05) is 32.0 Å². The van der Waals surface area contributed by atoms with Gasteiger partial charge >= 0.3 is 0 Å². The first-order valence-electron chi connectivity index (χ1n) is 12.0. The van der Waals surface area contributed by atoms with Crippen molar-refractivity contribution < 1.29 is 18.4 Å². The number of hydrogen-bond acceptors (Lipinski definition) is 7. The van der Waals surface area contributed by atoms with Crippen molar-refractivity contribution in [1.82, 2.24) is 25.5 Å². The van der Waals surface area contributed by atoms with Gasteiger partial charge in [0, 0.05) is 11.7 Å². The Morgan fingerprint density at radius 2 is 1.97 bits per heavy atom. The Bertz CT molecular complexity index is 1340. The molecule has 0 aliphatic heterocycles. The minimum absolute atomic E-state index is 0.0840. The van der Waals surface area contributed by atoms with Crippen LogP contribution >= 0.6 is 0 Å². The van der Waals surface area contributed by atoms with Gasteiger partial charge in [0.05, 0.1) is 6.26 Å². The van der Waals surface area contributed by atoms with Crippen molar-refractivity contribution in [2.75, 3.05) is 4.90 Å². The second-order valence-corrected chi connectivity index (χ2v) is 9.06. The summed E-state index contributed by atoms with van der Waals surface area (Å²) in [6.45, 7) is 3.53. The van der Waals surface area contributed by atoms with Gasteiger partial charge in [-0.1, -0.05) is 25.0 Å². The number of amides is 2. The highest BCUT2D eigenvalue weighted by Gasteiger charge is 2.36. The lowest BCUT2D eigenvalue weighted by molar-refractivity contribution is -0.128. The van der Waals surface area contributed by atoms with E-state index >= 15 is 0 Å². The van der Waals surface area contributed by atoms with E-state index in [1.54, 1.807) is 30.3 Å². The summed E-state index contributed by atoms with van der Waals surface area (Å²) in [4.78, 5) is 30.1. The third-order valence-corrected chi connectivity index (χ3v) is 6.26. The lowest BCUT2D eigenvalue weighted by atomic mass is 10.1. The highest BCUT2D eigenvalue weighted by atomic mass is 16.3. The van der Waals surface area contributed by atoms with Crippen molar-refractivity contribution in [1.29, 1.82) is 0 Å². The standard InChI is InChI=1S/C26H28N6O4/c1-17-7-5-10-20(15-17)32(23(33)16-31-29-25(28-30-31)22-13-12-18(2)36-22)24(21-11-6-14-35-21)26(34)27-19-8-3-4-9-19/h5-7,10-15,19,24H,3-4,8-9,16H2,1-2H3,(H,27,34)/t24-/m0/s1. The minimum Gasteiger partial charge on any atom is -0.467 e. The van der Waals surface area contributed by atoms with Crippen LogP contribution in [0.5, 0.6) is 0 Å². The monoisotopic (exact) mass is 488 g/mol. The van der Waals surface area contributed by atoms with Crippen LogP contribution in [-0.4, -0.2) is 38.1 Å². The van der Waals surface area contributed by atoms with E-state index in [9.17, 15) is 9.59 Å². The van der Waals surface area contributed by atoms with Gasteiger partial charge in [-0.3, -0.25) is 14.5 Å². The van der Waals surface area contributed by atoms with E-state index in [0.717, 1.165) is 37.0 Å². The number of benzene rings is 1. The van der Waals surface area contributed by atoms with Crippen LogP contribution in [0.25, 0.3) is 11.6 Å². The molecule has 0 radical (unpaired) electrons. The molecule has 10 nitrogen and oxygen atoms in total. The zero-order chi connectivity index (χ0) is 25.1. The molecular formula is C26H28N6O4. The average molecular weight is 489 g/mol. The van der Waals surface area contributed by atoms with Gasteiger partial charge in [-0.25, -0.2) is 0 Å². The van der Waals surface area contributed by atoms with Gasteiger partial charge in [-0.2, -0.15) is 4.80 Å². The molecule has 0 bridgehead atoms. The minimum atomic E-state index is -0.995. The Labute approximate surface area is 208 Å². The van der Waals surface area contributed by atoms with Gasteiger partial charge in [0.1, 0.15) is 18.1 Å². The smallest absolute Gasteiger partial charge is 0.251 e. The Kier molecular flexibility index (Phi) is 6.66. The van der Waals surface area contributed by atoms with Gasteiger partial charge < -0.3 is 14.2 Å². The van der Waals surface area contributed by atoms with Crippen LogP contribution in [0.15, 0.2) is 63.6 Å². The first-order chi connectivity index (χ1) is 17.5. The summed E-state index contributed by atoms with van der Waals surface area (Å²) in [6, 6.07) is 13.5. The molecule has 36 heavy (non-hydrogen) atoms. The average Bonchev–Trinajstić information content (AvgIpc) is 3.65. The number of aromatic nitrogens is 4. The first-order valence-corrected chi connectivity index (χ1v) is 12.0. The molecule has 1 aliphatic carbocycles. The maximum atomic E-state index is 13.8. The highest BCUT2D eigenvalue weighted by molar-refractivity contribution is 6.01. The summed E-state index contributed by atoms with van der Waals surface area (Å²) >= 11 is 0. The van der Waals surface area contributed by atoms with Crippen LogP contribution in [0.3, 0.4) is 0 Å². The fraction of sp³-hybridized carbons (Fsp3) is 0.346. The molecule has 1 aliphatic rings. The fourth-order valence-corrected chi connectivity index (χ4v) is 4.55. The number of furan rings is 2.